The van der Waals surface area contributed by atoms with Crippen LogP contribution >= 0.6 is 0 Å². The van der Waals surface area contributed by atoms with Crippen molar-refractivity contribution >= 4 is 5.97 Å². The van der Waals surface area contributed by atoms with Crippen LogP contribution in [0.15, 0.2) is 6.20 Å². The number of hydrogen-bond acceptors (Lipinski definition) is 2. The van der Waals surface area contributed by atoms with E-state index in [0.29, 0.717) is 17.5 Å². The lowest BCUT2D eigenvalue weighted by molar-refractivity contribution is -0.136. The lowest BCUT2D eigenvalue weighted by atomic mass is 9.91. The van der Waals surface area contributed by atoms with E-state index in [1.54, 1.807) is 6.20 Å². The van der Waals surface area contributed by atoms with E-state index in [4.69, 9.17) is 5.11 Å². The number of aromatic nitrogens is 2. The predicted molar refractivity (Wildman–Crippen MR) is 62.3 cm³/mol. The van der Waals surface area contributed by atoms with Crippen molar-refractivity contribution in [2.24, 2.45) is 11.8 Å². The number of aliphatic carboxylic acids is 1. The van der Waals surface area contributed by atoms with Gasteiger partial charge in [-0.2, -0.15) is 0 Å². The Bertz CT molecular complexity index is 347. The third kappa shape index (κ3) is 3.68. The van der Waals surface area contributed by atoms with Crippen LogP contribution in [0.2, 0.25) is 0 Å². The summed E-state index contributed by atoms with van der Waals surface area (Å²) in [6.45, 7) is 6.61. The molecule has 0 aliphatic carbocycles. The molecular formula is C12H20N2O2. The van der Waals surface area contributed by atoms with E-state index in [1.165, 1.54) is 0 Å². The lowest BCUT2D eigenvalue weighted by Crippen LogP contribution is -2.11. The second-order valence-corrected chi connectivity index (χ2v) is 4.49. The first-order chi connectivity index (χ1) is 7.52. The van der Waals surface area contributed by atoms with Gasteiger partial charge in [0, 0.05) is 18.3 Å². The number of imidazole rings is 1. The normalized spacial score (nSPS) is 14.7. The van der Waals surface area contributed by atoms with Gasteiger partial charge in [0.1, 0.15) is 5.82 Å². The molecule has 1 aromatic heterocycles. The summed E-state index contributed by atoms with van der Waals surface area (Å²) >= 11 is 0. The second kappa shape index (κ2) is 5.68. The molecule has 1 aromatic rings. The Morgan fingerprint density at radius 3 is 2.75 bits per heavy atom. The molecule has 0 saturated carbocycles. The number of H-pyrrole nitrogens is 1. The summed E-state index contributed by atoms with van der Waals surface area (Å²) in [5.41, 5.74) is 0.679. The standard InChI is InChI=1S/C12H20N2O2/c1-4-8(2)9(3)5-11-13-7-10(14-11)6-12(15)16/h7-9H,4-6H2,1-3H3,(H,13,14)(H,15,16). The molecule has 0 saturated heterocycles. The number of nitrogens with one attached hydrogen (secondary N) is 1. The molecule has 4 nitrogen and oxygen atoms in total. The summed E-state index contributed by atoms with van der Waals surface area (Å²) < 4.78 is 0. The minimum atomic E-state index is -0.829. The molecule has 0 aliphatic rings. The zero-order valence-corrected chi connectivity index (χ0v) is 10.2. The van der Waals surface area contributed by atoms with Crippen LogP contribution in [0.5, 0.6) is 0 Å². The number of carboxylic acids is 1. The van der Waals surface area contributed by atoms with E-state index in [1.807, 2.05) is 0 Å². The zero-order chi connectivity index (χ0) is 12.1. The molecule has 2 atom stereocenters. The van der Waals surface area contributed by atoms with Crippen molar-refractivity contribution in [3.05, 3.63) is 17.7 Å². The molecule has 1 heterocycles. The Balaban J connectivity index is 2.54. The van der Waals surface area contributed by atoms with Gasteiger partial charge in [0.05, 0.1) is 6.42 Å². The highest BCUT2D eigenvalue weighted by Crippen LogP contribution is 2.18. The zero-order valence-electron chi connectivity index (χ0n) is 10.2. The fraction of sp³-hybridized carbons (Fsp3) is 0.667. The van der Waals surface area contributed by atoms with Gasteiger partial charge < -0.3 is 10.1 Å². The van der Waals surface area contributed by atoms with Gasteiger partial charge in [0.15, 0.2) is 0 Å². The van der Waals surface area contributed by atoms with E-state index >= 15 is 0 Å². The Kier molecular flexibility index (Phi) is 4.52. The van der Waals surface area contributed by atoms with Gasteiger partial charge in [0.25, 0.3) is 0 Å². The largest absolute Gasteiger partial charge is 0.481 e. The molecule has 0 spiro atoms. The number of hydrogen-bond donors (Lipinski definition) is 2. The third-order valence-electron chi connectivity index (χ3n) is 3.15. The van der Waals surface area contributed by atoms with Crippen molar-refractivity contribution in [1.82, 2.24) is 9.97 Å². The number of nitrogens with zero attached hydrogens (tertiary/aromatic N) is 1. The summed E-state index contributed by atoms with van der Waals surface area (Å²) in [7, 11) is 0. The highest BCUT2D eigenvalue weighted by Gasteiger charge is 2.13. The van der Waals surface area contributed by atoms with Crippen molar-refractivity contribution < 1.29 is 9.90 Å². The van der Waals surface area contributed by atoms with Crippen molar-refractivity contribution in [3.63, 3.8) is 0 Å². The van der Waals surface area contributed by atoms with Crippen LogP contribution < -0.4 is 0 Å². The van der Waals surface area contributed by atoms with Gasteiger partial charge in [-0.3, -0.25) is 4.79 Å². The Morgan fingerprint density at radius 2 is 2.19 bits per heavy atom. The predicted octanol–water partition coefficient (Wildman–Crippen LogP) is 2.26. The molecule has 0 aromatic carbocycles. The minimum Gasteiger partial charge on any atom is -0.481 e. The van der Waals surface area contributed by atoms with Crippen molar-refractivity contribution in [3.8, 4) is 0 Å². The average Bonchev–Trinajstić information content (AvgIpc) is 2.63. The van der Waals surface area contributed by atoms with E-state index in [-0.39, 0.29) is 6.42 Å². The van der Waals surface area contributed by atoms with Crippen molar-refractivity contribution in [2.75, 3.05) is 0 Å². The molecule has 16 heavy (non-hydrogen) atoms. The van der Waals surface area contributed by atoms with E-state index in [9.17, 15) is 4.79 Å². The Hall–Kier alpha value is -1.32. The molecule has 90 valence electrons. The maximum Gasteiger partial charge on any atom is 0.309 e. The SMILES string of the molecule is CCC(C)C(C)Cc1ncc(CC(=O)O)[nH]1. The molecule has 0 fully saturated rings. The topological polar surface area (TPSA) is 66.0 Å². The number of carboxylic acid groups (broad SMARTS) is 1. The van der Waals surface area contributed by atoms with Crippen LogP contribution in [0, 0.1) is 11.8 Å². The minimum absolute atomic E-state index is 0.0186. The van der Waals surface area contributed by atoms with Crippen LogP contribution in [0.3, 0.4) is 0 Å². The summed E-state index contributed by atoms with van der Waals surface area (Å²) in [4.78, 5) is 17.8. The second-order valence-electron chi connectivity index (χ2n) is 4.49. The van der Waals surface area contributed by atoms with Crippen LogP contribution in [-0.4, -0.2) is 21.0 Å². The van der Waals surface area contributed by atoms with Gasteiger partial charge in [-0.05, 0) is 11.8 Å². The fourth-order valence-corrected chi connectivity index (χ4v) is 1.67. The molecule has 0 radical (unpaired) electrons. The van der Waals surface area contributed by atoms with Gasteiger partial charge in [-0.15, -0.1) is 0 Å². The van der Waals surface area contributed by atoms with Crippen LogP contribution in [0.4, 0.5) is 0 Å². The number of carbonyl (C=O) groups is 1. The molecule has 0 amide bonds. The molecule has 2 N–H and O–H groups in total. The highest BCUT2D eigenvalue weighted by molar-refractivity contribution is 5.69. The van der Waals surface area contributed by atoms with Gasteiger partial charge in [-0.1, -0.05) is 27.2 Å². The quantitative estimate of drug-likeness (QED) is 0.779. The fourth-order valence-electron chi connectivity index (χ4n) is 1.67. The lowest BCUT2D eigenvalue weighted by Gasteiger charge is -2.16. The maximum atomic E-state index is 10.5. The van der Waals surface area contributed by atoms with Crippen LogP contribution in [-0.2, 0) is 17.6 Å². The molecule has 1 rings (SSSR count). The summed E-state index contributed by atoms with van der Waals surface area (Å²) in [6.07, 6.45) is 3.68. The molecule has 0 aliphatic heterocycles. The first-order valence-corrected chi connectivity index (χ1v) is 5.77. The molecule has 0 bridgehead atoms. The smallest absolute Gasteiger partial charge is 0.309 e. The van der Waals surface area contributed by atoms with Crippen LogP contribution in [0.1, 0.15) is 38.7 Å². The number of rotatable bonds is 6. The molecule has 4 heteroatoms. The van der Waals surface area contributed by atoms with Gasteiger partial charge in [0.2, 0.25) is 0 Å². The molecule has 2 unspecified atom stereocenters. The highest BCUT2D eigenvalue weighted by atomic mass is 16.4. The maximum absolute atomic E-state index is 10.5. The van der Waals surface area contributed by atoms with E-state index in [0.717, 1.165) is 18.7 Å². The average molecular weight is 224 g/mol. The van der Waals surface area contributed by atoms with Crippen LogP contribution in [0.25, 0.3) is 0 Å². The summed E-state index contributed by atoms with van der Waals surface area (Å²) in [5, 5.41) is 8.64. The number of aromatic amines is 1. The summed E-state index contributed by atoms with van der Waals surface area (Å²) in [6, 6.07) is 0. The first kappa shape index (κ1) is 12.7. The first-order valence-electron chi connectivity index (χ1n) is 5.77. The van der Waals surface area contributed by atoms with Gasteiger partial charge >= 0.3 is 5.97 Å². The molecular weight excluding hydrogens is 204 g/mol. The Morgan fingerprint density at radius 1 is 1.50 bits per heavy atom. The van der Waals surface area contributed by atoms with Gasteiger partial charge in [-0.25, -0.2) is 4.98 Å². The van der Waals surface area contributed by atoms with Crippen molar-refractivity contribution in [2.45, 2.75) is 40.0 Å². The van der Waals surface area contributed by atoms with E-state index < -0.39 is 5.97 Å². The van der Waals surface area contributed by atoms with E-state index in [2.05, 4.69) is 30.7 Å². The van der Waals surface area contributed by atoms with Crippen molar-refractivity contribution in [1.29, 1.82) is 0 Å². The monoisotopic (exact) mass is 224 g/mol. The third-order valence-corrected chi connectivity index (χ3v) is 3.15. The summed E-state index contributed by atoms with van der Waals surface area (Å²) in [5.74, 6) is 1.29. The Labute approximate surface area is 96.1 Å².